The molecule has 22 heavy (non-hydrogen) atoms. The lowest BCUT2D eigenvalue weighted by Crippen LogP contribution is -2.42. The fourth-order valence-electron chi connectivity index (χ4n) is 3.51. The lowest BCUT2D eigenvalue weighted by molar-refractivity contribution is 0.00662. The van der Waals surface area contributed by atoms with Crippen LogP contribution in [0.5, 0.6) is 0 Å². The molecule has 2 nitrogen and oxygen atoms in total. The van der Waals surface area contributed by atoms with Crippen LogP contribution in [0.3, 0.4) is 0 Å². The van der Waals surface area contributed by atoms with E-state index in [0.29, 0.717) is 11.8 Å². The van der Waals surface area contributed by atoms with E-state index >= 15 is 0 Å². The maximum atomic E-state index is 11.1. The third-order valence-corrected chi connectivity index (χ3v) is 4.65. The van der Waals surface area contributed by atoms with E-state index in [4.69, 9.17) is 0 Å². The molecule has 118 valence electrons. The minimum absolute atomic E-state index is 0.395. The highest BCUT2D eigenvalue weighted by Gasteiger charge is 2.36. The van der Waals surface area contributed by atoms with E-state index in [2.05, 4.69) is 56.4 Å². The average Bonchev–Trinajstić information content (AvgIpc) is 2.73. The number of hydrogen-bond acceptors (Lipinski definition) is 2. The zero-order valence-corrected chi connectivity index (χ0v) is 13.9. The number of benzene rings is 2. The summed E-state index contributed by atoms with van der Waals surface area (Å²) in [4.78, 5) is 0. The Hall–Kier alpha value is -1.38. The molecular formula is C20H27NO. The zero-order valence-electron chi connectivity index (χ0n) is 13.9. The Labute approximate surface area is 133 Å². The summed E-state index contributed by atoms with van der Waals surface area (Å²) in [6.45, 7) is 7.70. The summed E-state index contributed by atoms with van der Waals surface area (Å²) in [7, 11) is 0. The molecule has 1 aliphatic rings. The van der Waals surface area contributed by atoms with E-state index in [9.17, 15) is 5.11 Å². The van der Waals surface area contributed by atoms with Crippen molar-refractivity contribution in [2.24, 2.45) is 5.41 Å². The highest BCUT2D eigenvalue weighted by Crippen LogP contribution is 2.39. The third-order valence-electron chi connectivity index (χ3n) is 4.65. The number of rotatable bonds is 5. The summed E-state index contributed by atoms with van der Waals surface area (Å²) < 4.78 is 0. The summed E-state index contributed by atoms with van der Waals surface area (Å²) in [6.07, 6.45) is 4.20. The van der Waals surface area contributed by atoms with Crippen LogP contribution in [0.15, 0.2) is 36.4 Å². The lowest BCUT2D eigenvalue weighted by Gasteiger charge is -2.26. The van der Waals surface area contributed by atoms with Crippen LogP contribution in [0.2, 0.25) is 0 Å². The number of hydrogen-bond donors (Lipinski definition) is 2. The van der Waals surface area contributed by atoms with Crippen molar-refractivity contribution in [1.82, 2.24) is 5.32 Å². The molecule has 1 aliphatic carbocycles. The first kappa shape index (κ1) is 15.5. The van der Waals surface area contributed by atoms with Crippen LogP contribution >= 0.6 is 0 Å². The molecule has 0 aliphatic heterocycles. The maximum Gasteiger partial charge on any atom is 0.146 e. The molecular weight excluding hydrogens is 270 g/mol. The SMILES string of the molecule is CC(C)(C)CCCCNC1(O)Cc2cccc3cccc1c23. The van der Waals surface area contributed by atoms with Gasteiger partial charge < -0.3 is 5.11 Å². The van der Waals surface area contributed by atoms with Gasteiger partial charge >= 0.3 is 0 Å². The van der Waals surface area contributed by atoms with Crippen LogP contribution in [0, 0.1) is 5.41 Å². The highest BCUT2D eigenvalue weighted by molar-refractivity contribution is 5.91. The van der Waals surface area contributed by atoms with Gasteiger partial charge in [-0.15, -0.1) is 0 Å². The number of nitrogens with one attached hydrogen (secondary N) is 1. The molecule has 1 atom stereocenters. The van der Waals surface area contributed by atoms with Crippen molar-refractivity contribution in [3.8, 4) is 0 Å². The Kier molecular flexibility index (Phi) is 4.00. The summed E-state index contributed by atoms with van der Waals surface area (Å²) in [6, 6.07) is 12.6. The zero-order chi connectivity index (χ0) is 15.8. The molecule has 1 unspecified atom stereocenters. The largest absolute Gasteiger partial charge is 0.371 e. The normalized spacial score (nSPS) is 20.7. The first-order valence-electron chi connectivity index (χ1n) is 8.38. The summed E-state index contributed by atoms with van der Waals surface area (Å²) in [5, 5.41) is 16.9. The molecule has 0 radical (unpaired) electrons. The van der Waals surface area contributed by atoms with E-state index < -0.39 is 5.72 Å². The van der Waals surface area contributed by atoms with Gasteiger partial charge in [-0.3, -0.25) is 5.32 Å². The molecule has 2 N–H and O–H groups in total. The summed E-state index contributed by atoms with van der Waals surface area (Å²) in [5.74, 6) is 0. The smallest absolute Gasteiger partial charge is 0.146 e. The molecule has 0 fully saturated rings. The Bertz CT molecular complexity index is 666. The van der Waals surface area contributed by atoms with Gasteiger partial charge in [-0.2, -0.15) is 0 Å². The minimum atomic E-state index is -0.898. The van der Waals surface area contributed by atoms with Crippen LogP contribution in [0.4, 0.5) is 0 Å². The Morgan fingerprint density at radius 3 is 2.55 bits per heavy atom. The van der Waals surface area contributed by atoms with Crippen LogP contribution < -0.4 is 5.32 Å². The fraction of sp³-hybridized carbons (Fsp3) is 0.500. The van der Waals surface area contributed by atoms with E-state index in [1.54, 1.807) is 0 Å². The minimum Gasteiger partial charge on any atom is -0.371 e. The predicted molar refractivity (Wildman–Crippen MR) is 92.9 cm³/mol. The molecule has 0 spiro atoms. The van der Waals surface area contributed by atoms with E-state index in [1.165, 1.54) is 29.2 Å². The van der Waals surface area contributed by atoms with E-state index in [-0.39, 0.29) is 0 Å². The van der Waals surface area contributed by atoms with Gasteiger partial charge in [0.1, 0.15) is 5.72 Å². The molecule has 0 heterocycles. The highest BCUT2D eigenvalue weighted by atomic mass is 16.3. The molecule has 0 saturated heterocycles. The predicted octanol–water partition coefficient (Wildman–Crippen LogP) is 4.35. The van der Waals surface area contributed by atoms with Crippen molar-refractivity contribution in [3.63, 3.8) is 0 Å². The Morgan fingerprint density at radius 1 is 1.09 bits per heavy atom. The topological polar surface area (TPSA) is 32.3 Å². The second-order valence-electron chi connectivity index (χ2n) is 7.80. The van der Waals surface area contributed by atoms with Gasteiger partial charge in [-0.1, -0.05) is 63.6 Å². The van der Waals surface area contributed by atoms with Gasteiger partial charge in [0.25, 0.3) is 0 Å². The van der Waals surface area contributed by atoms with Crippen LogP contribution in [0.1, 0.15) is 51.2 Å². The average molecular weight is 297 g/mol. The molecule has 3 rings (SSSR count). The molecule has 0 aromatic heterocycles. The van der Waals surface area contributed by atoms with Crippen LogP contribution in [-0.4, -0.2) is 11.7 Å². The van der Waals surface area contributed by atoms with Gasteiger partial charge in [-0.25, -0.2) is 0 Å². The second-order valence-corrected chi connectivity index (χ2v) is 7.80. The van der Waals surface area contributed by atoms with Gasteiger partial charge in [0, 0.05) is 12.0 Å². The first-order valence-corrected chi connectivity index (χ1v) is 8.38. The second kappa shape index (κ2) is 5.68. The fourth-order valence-corrected chi connectivity index (χ4v) is 3.51. The molecule has 2 heteroatoms. The van der Waals surface area contributed by atoms with Crippen molar-refractivity contribution in [2.75, 3.05) is 6.54 Å². The van der Waals surface area contributed by atoms with Gasteiger partial charge in [-0.05, 0) is 41.1 Å². The van der Waals surface area contributed by atoms with Gasteiger partial charge in [0.15, 0.2) is 0 Å². The summed E-state index contributed by atoms with van der Waals surface area (Å²) in [5.41, 5.74) is 1.78. The molecule has 0 saturated carbocycles. The maximum absolute atomic E-state index is 11.1. The number of aliphatic hydroxyl groups is 1. The Balaban J connectivity index is 1.67. The first-order chi connectivity index (χ1) is 10.4. The van der Waals surface area contributed by atoms with Crippen LogP contribution in [0.25, 0.3) is 10.8 Å². The molecule has 0 amide bonds. The molecule has 2 aromatic carbocycles. The monoisotopic (exact) mass is 297 g/mol. The van der Waals surface area contributed by atoms with Gasteiger partial charge in [0.05, 0.1) is 0 Å². The lowest BCUT2D eigenvalue weighted by atomic mass is 9.90. The quantitative estimate of drug-likeness (QED) is 0.635. The van der Waals surface area contributed by atoms with E-state index in [0.717, 1.165) is 18.5 Å². The summed E-state index contributed by atoms with van der Waals surface area (Å²) >= 11 is 0. The molecule has 0 bridgehead atoms. The van der Waals surface area contributed by atoms with Crippen molar-refractivity contribution in [3.05, 3.63) is 47.5 Å². The van der Waals surface area contributed by atoms with Gasteiger partial charge in [0.2, 0.25) is 0 Å². The third kappa shape index (κ3) is 3.04. The molecule has 2 aromatic rings. The van der Waals surface area contributed by atoms with Crippen molar-refractivity contribution in [1.29, 1.82) is 0 Å². The van der Waals surface area contributed by atoms with Crippen molar-refractivity contribution in [2.45, 2.75) is 52.2 Å². The van der Waals surface area contributed by atoms with E-state index in [1.807, 2.05) is 6.07 Å². The number of unbranched alkanes of at least 4 members (excludes halogenated alkanes) is 1. The van der Waals surface area contributed by atoms with Crippen LogP contribution in [-0.2, 0) is 12.1 Å². The van der Waals surface area contributed by atoms with Crippen molar-refractivity contribution >= 4 is 10.8 Å². The standard InChI is InChI=1S/C20H27NO/c1-19(2,3)12-4-5-13-21-20(22)14-16-10-6-8-15-9-7-11-17(20)18(15)16/h6-11,21-22H,4-5,12-14H2,1-3H3. The van der Waals surface area contributed by atoms with Crippen molar-refractivity contribution < 1.29 is 5.11 Å². The Morgan fingerprint density at radius 2 is 1.82 bits per heavy atom.